The Balaban J connectivity index is 1.66. The number of phenols is 1. The topological polar surface area (TPSA) is 50.5 Å². The number of hydrogen-bond donors (Lipinski definition) is 1. The van der Waals surface area contributed by atoms with Crippen LogP contribution < -0.4 is 9.64 Å². The number of benzene rings is 2. The molecule has 1 N–H and O–H groups in total. The molecule has 26 heavy (non-hydrogen) atoms. The molecule has 2 heterocycles. The average Bonchev–Trinajstić information content (AvgIpc) is 3.36. The smallest absolute Gasteiger partial charge is 0.194 e. The van der Waals surface area contributed by atoms with Gasteiger partial charge in [-0.05, 0) is 49.2 Å². The zero-order chi connectivity index (χ0) is 18.1. The Hall–Kier alpha value is -3.02. The van der Waals surface area contributed by atoms with E-state index in [2.05, 4.69) is 22.1 Å². The lowest BCUT2D eigenvalue weighted by atomic mass is 10.1. The minimum absolute atomic E-state index is 0.0885. The van der Waals surface area contributed by atoms with Crippen LogP contribution in [-0.2, 0) is 0 Å². The summed E-state index contributed by atoms with van der Waals surface area (Å²) in [6.07, 6.45) is 4.30. The van der Waals surface area contributed by atoms with Crippen molar-refractivity contribution in [1.29, 1.82) is 0 Å². The summed E-state index contributed by atoms with van der Waals surface area (Å²) < 4.78 is 20.7. The molecule has 134 valence electrons. The third-order valence-corrected chi connectivity index (χ3v) is 4.70. The van der Waals surface area contributed by atoms with Crippen molar-refractivity contribution in [2.24, 2.45) is 0 Å². The van der Waals surface area contributed by atoms with E-state index in [4.69, 9.17) is 4.74 Å². The van der Waals surface area contributed by atoms with E-state index in [1.807, 2.05) is 24.4 Å². The minimum Gasteiger partial charge on any atom is -0.502 e. The predicted molar refractivity (Wildman–Crippen MR) is 98.6 cm³/mol. The van der Waals surface area contributed by atoms with Crippen LogP contribution >= 0.6 is 0 Å². The molecule has 4 rings (SSSR count). The fourth-order valence-electron chi connectivity index (χ4n) is 3.31. The summed E-state index contributed by atoms with van der Waals surface area (Å²) in [6, 6.07) is 12.9. The van der Waals surface area contributed by atoms with Crippen LogP contribution in [0.1, 0.15) is 12.8 Å². The van der Waals surface area contributed by atoms with Crippen molar-refractivity contribution >= 4 is 5.69 Å². The zero-order valence-electron chi connectivity index (χ0n) is 14.5. The predicted octanol–water partition coefficient (Wildman–Crippen LogP) is 3.99. The first kappa shape index (κ1) is 16.4. The summed E-state index contributed by atoms with van der Waals surface area (Å²) in [5, 5.41) is 14.2. The molecule has 0 aliphatic carbocycles. The number of phenolic OH excluding ortho intramolecular Hbond substituents is 1. The lowest BCUT2D eigenvalue weighted by Gasteiger charge is -2.18. The molecule has 1 aliphatic heterocycles. The Morgan fingerprint density at radius 2 is 1.85 bits per heavy atom. The lowest BCUT2D eigenvalue weighted by Crippen LogP contribution is -2.17. The number of aromatic nitrogens is 2. The zero-order valence-corrected chi connectivity index (χ0v) is 14.5. The molecule has 2 aromatic carbocycles. The van der Waals surface area contributed by atoms with E-state index in [-0.39, 0.29) is 5.75 Å². The summed E-state index contributed by atoms with van der Waals surface area (Å²) in [5.74, 6) is -1.13. The molecular weight excluding hydrogens is 333 g/mol. The normalized spacial score (nSPS) is 14.0. The molecule has 0 bridgehead atoms. The van der Waals surface area contributed by atoms with E-state index >= 15 is 0 Å². The molecule has 1 saturated heterocycles. The average molecular weight is 353 g/mol. The van der Waals surface area contributed by atoms with Gasteiger partial charge in [-0.15, -0.1) is 0 Å². The van der Waals surface area contributed by atoms with Crippen LogP contribution in [0.4, 0.5) is 10.1 Å². The standard InChI is InChI=1S/C20H20FN3O2/c1-26-19-12-14(11-17(21)20(19)25)18-7-10-24(22-18)16-6-4-5-15(13-16)23-8-2-3-9-23/h4-7,10-13,25H,2-3,8-9H2,1H3. The van der Waals surface area contributed by atoms with Crippen molar-refractivity contribution < 1.29 is 14.2 Å². The molecular formula is C20H20FN3O2. The van der Waals surface area contributed by atoms with Gasteiger partial charge in [-0.25, -0.2) is 9.07 Å². The first-order valence-electron chi connectivity index (χ1n) is 8.63. The lowest BCUT2D eigenvalue weighted by molar-refractivity contribution is 0.357. The van der Waals surface area contributed by atoms with E-state index in [1.165, 1.54) is 31.7 Å². The van der Waals surface area contributed by atoms with Gasteiger partial charge in [0.1, 0.15) is 0 Å². The molecule has 5 nitrogen and oxygen atoms in total. The molecule has 1 aliphatic rings. The molecule has 3 aromatic rings. The summed E-state index contributed by atoms with van der Waals surface area (Å²) in [7, 11) is 1.39. The third kappa shape index (κ3) is 2.98. The van der Waals surface area contributed by atoms with Gasteiger partial charge in [0.15, 0.2) is 17.3 Å². The summed E-state index contributed by atoms with van der Waals surface area (Å²) in [4.78, 5) is 2.37. The highest BCUT2D eigenvalue weighted by molar-refractivity contribution is 5.64. The Labute approximate surface area is 151 Å². The molecule has 0 spiro atoms. The highest BCUT2D eigenvalue weighted by atomic mass is 19.1. The molecule has 0 amide bonds. The van der Waals surface area contributed by atoms with Crippen molar-refractivity contribution in [2.45, 2.75) is 12.8 Å². The van der Waals surface area contributed by atoms with Crippen LogP contribution in [0.5, 0.6) is 11.5 Å². The first-order chi connectivity index (χ1) is 12.7. The van der Waals surface area contributed by atoms with Gasteiger partial charge >= 0.3 is 0 Å². The van der Waals surface area contributed by atoms with Gasteiger partial charge in [-0.3, -0.25) is 0 Å². The number of nitrogens with zero attached hydrogens (tertiary/aromatic N) is 3. The van der Waals surface area contributed by atoms with Gasteiger partial charge in [0.25, 0.3) is 0 Å². The summed E-state index contributed by atoms with van der Waals surface area (Å²) in [5.41, 5.74) is 3.29. The van der Waals surface area contributed by atoms with E-state index in [9.17, 15) is 9.50 Å². The number of halogens is 1. The largest absolute Gasteiger partial charge is 0.502 e. The van der Waals surface area contributed by atoms with Crippen molar-refractivity contribution in [3.05, 3.63) is 54.5 Å². The van der Waals surface area contributed by atoms with Crippen molar-refractivity contribution in [2.75, 3.05) is 25.1 Å². The molecule has 0 unspecified atom stereocenters. The van der Waals surface area contributed by atoms with Gasteiger partial charge in [0.05, 0.1) is 18.5 Å². The minimum atomic E-state index is -0.732. The summed E-state index contributed by atoms with van der Waals surface area (Å²) in [6.45, 7) is 2.17. The van der Waals surface area contributed by atoms with Crippen LogP contribution in [0.25, 0.3) is 16.9 Å². The summed E-state index contributed by atoms with van der Waals surface area (Å²) >= 11 is 0. The second-order valence-corrected chi connectivity index (χ2v) is 6.37. The second kappa shape index (κ2) is 6.71. The van der Waals surface area contributed by atoms with Gasteiger partial charge in [-0.2, -0.15) is 5.10 Å². The number of ether oxygens (including phenoxy) is 1. The fraction of sp³-hybridized carbons (Fsp3) is 0.250. The Kier molecular flexibility index (Phi) is 4.24. The molecule has 0 atom stereocenters. The molecule has 6 heteroatoms. The first-order valence-corrected chi connectivity index (χ1v) is 8.63. The van der Waals surface area contributed by atoms with Crippen molar-refractivity contribution in [1.82, 2.24) is 9.78 Å². The van der Waals surface area contributed by atoms with Gasteiger partial charge < -0.3 is 14.7 Å². The van der Waals surface area contributed by atoms with E-state index < -0.39 is 11.6 Å². The number of rotatable bonds is 4. The number of aromatic hydroxyl groups is 1. The highest BCUT2D eigenvalue weighted by Gasteiger charge is 2.15. The van der Waals surface area contributed by atoms with Crippen molar-refractivity contribution in [3.63, 3.8) is 0 Å². The van der Waals surface area contributed by atoms with E-state index in [0.717, 1.165) is 18.8 Å². The van der Waals surface area contributed by atoms with Gasteiger partial charge in [0.2, 0.25) is 0 Å². The number of methoxy groups -OCH3 is 1. The van der Waals surface area contributed by atoms with Crippen LogP contribution in [-0.4, -0.2) is 35.1 Å². The van der Waals surface area contributed by atoms with E-state index in [1.54, 1.807) is 10.7 Å². The third-order valence-electron chi connectivity index (χ3n) is 4.70. The number of hydrogen-bond acceptors (Lipinski definition) is 4. The molecule has 1 aromatic heterocycles. The Morgan fingerprint density at radius 1 is 1.08 bits per heavy atom. The van der Waals surface area contributed by atoms with Crippen LogP contribution in [0, 0.1) is 5.82 Å². The van der Waals surface area contributed by atoms with E-state index in [0.29, 0.717) is 11.3 Å². The van der Waals surface area contributed by atoms with Gasteiger partial charge in [0, 0.05) is 30.5 Å². The SMILES string of the molecule is COc1cc(-c2ccn(-c3cccc(N4CCCC4)c3)n2)cc(F)c1O. The second-order valence-electron chi connectivity index (χ2n) is 6.37. The molecule has 1 fully saturated rings. The molecule has 0 saturated carbocycles. The Bertz CT molecular complexity index is 933. The van der Waals surface area contributed by atoms with Crippen molar-refractivity contribution in [3.8, 4) is 28.4 Å². The molecule has 0 radical (unpaired) electrons. The maximum atomic E-state index is 13.9. The Morgan fingerprint density at radius 3 is 2.62 bits per heavy atom. The monoisotopic (exact) mass is 353 g/mol. The fourth-order valence-corrected chi connectivity index (χ4v) is 3.31. The quantitative estimate of drug-likeness (QED) is 0.770. The van der Waals surface area contributed by atoms with Crippen LogP contribution in [0.3, 0.4) is 0 Å². The highest BCUT2D eigenvalue weighted by Crippen LogP contribution is 2.34. The number of anilines is 1. The maximum Gasteiger partial charge on any atom is 0.194 e. The van der Waals surface area contributed by atoms with Crippen LogP contribution in [0.15, 0.2) is 48.7 Å². The maximum absolute atomic E-state index is 13.9. The van der Waals surface area contributed by atoms with Crippen LogP contribution in [0.2, 0.25) is 0 Å². The van der Waals surface area contributed by atoms with Gasteiger partial charge in [-0.1, -0.05) is 6.07 Å².